The first kappa shape index (κ1) is 38.0. The Morgan fingerprint density at radius 1 is 0.545 bits per heavy atom. The van der Waals surface area contributed by atoms with Gasteiger partial charge in [0, 0.05) is 0 Å². The predicted octanol–water partition coefficient (Wildman–Crippen LogP) is 11.4. The summed E-state index contributed by atoms with van der Waals surface area (Å²) < 4.78 is 0. The zero-order valence-corrected chi connectivity index (χ0v) is 31.4. The summed E-state index contributed by atoms with van der Waals surface area (Å²) in [6.45, 7) is 7.45. The number of benzene rings is 4. The molecule has 0 aromatic heterocycles. The molecule has 228 valence electrons. The maximum absolute atomic E-state index is 3.06. The van der Waals surface area contributed by atoms with Crippen molar-refractivity contribution >= 4 is 53.2 Å². The minimum absolute atomic E-state index is 0. The number of fused-ring (bicyclic) bond motifs is 4. The van der Waals surface area contributed by atoms with Gasteiger partial charge in [-0.15, -0.1) is 81.8 Å². The Hall–Kier alpha value is -2.22. The van der Waals surface area contributed by atoms with E-state index in [2.05, 4.69) is 118 Å². The van der Waals surface area contributed by atoms with Gasteiger partial charge in [0.2, 0.25) is 0 Å². The topological polar surface area (TPSA) is 0 Å². The van der Waals surface area contributed by atoms with Gasteiger partial charge < -0.3 is 14.9 Å². The van der Waals surface area contributed by atoms with Crippen LogP contribution in [0.3, 0.4) is 0 Å². The molecule has 4 heteroatoms. The molecule has 0 saturated heterocycles. The second-order valence-electron chi connectivity index (χ2n) is 11.3. The van der Waals surface area contributed by atoms with Crippen LogP contribution in [-0.2, 0) is 49.0 Å². The fraction of sp³-hybridized carbons (Fsp3) is 0.200. The van der Waals surface area contributed by atoms with Crippen LogP contribution in [0.4, 0.5) is 0 Å². The summed E-state index contributed by atoms with van der Waals surface area (Å²) in [6.07, 6.45) is 7.58. The van der Waals surface area contributed by atoms with E-state index >= 15 is 0 Å². The van der Waals surface area contributed by atoms with E-state index in [1.807, 2.05) is 0 Å². The molecule has 0 atom stereocenters. The number of aryl methyl sites for hydroxylation is 4. The summed E-state index contributed by atoms with van der Waals surface area (Å²) in [5.41, 5.74) is 14.8. The van der Waals surface area contributed by atoms with Gasteiger partial charge >= 0.3 is 30.2 Å². The average molecular weight is 713 g/mol. The molecule has 2 radical (unpaired) electrons. The molecule has 0 nitrogen and oxygen atoms in total. The zero-order valence-electron chi connectivity index (χ0n) is 26.3. The first-order valence-corrected chi connectivity index (χ1v) is 18.6. The fourth-order valence-corrected chi connectivity index (χ4v) is 7.02. The number of rotatable bonds is 2. The third-order valence-corrected chi connectivity index (χ3v) is 8.58. The minimum atomic E-state index is 0. The fourth-order valence-electron chi connectivity index (χ4n) is 7.02. The van der Waals surface area contributed by atoms with Crippen LogP contribution in [-0.4, -0.2) is 6.88 Å². The number of halogens is 2. The van der Waals surface area contributed by atoms with E-state index in [1.165, 1.54) is 117 Å². The van der Waals surface area contributed by atoms with Gasteiger partial charge in [-0.2, -0.15) is 12.1 Å². The molecule has 44 heavy (non-hydrogen) atoms. The molecule has 0 saturated carbocycles. The van der Waals surface area contributed by atoms with Gasteiger partial charge in [-0.1, -0.05) is 108 Å². The van der Waals surface area contributed by atoms with Gasteiger partial charge in [-0.3, -0.25) is 0 Å². The first-order valence-electron chi connectivity index (χ1n) is 14.4. The van der Waals surface area contributed by atoms with Gasteiger partial charge in [0.25, 0.3) is 0 Å². The Morgan fingerprint density at radius 3 is 1.27 bits per heavy atom. The Bertz CT molecular complexity index is 1660. The summed E-state index contributed by atoms with van der Waals surface area (Å²) in [6, 6.07) is 35.9. The Morgan fingerprint density at radius 2 is 0.909 bits per heavy atom. The average Bonchev–Trinajstić information content (AvgIpc) is 3.78. The quantitative estimate of drug-likeness (QED) is 0.124. The molecule has 0 spiro atoms. The van der Waals surface area contributed by atoms with Crippen LogP contribution in [0.2, 0.25) is 0 Å². The third kappa shape index (κ3) is 7.42. The normalized spacial score (nSPS) is 12.1. The number of hydrogen-bond donors (Lipinski definition) is 0. The van der Waals surface area contributed by atoms with Crippen molar-refractivity contribution in [3.05, 3.63) is 145 Å². The van der Waals surface area contributed by atoms with Gasteiger partial charge in [0.1, 0.15) is 0 Å². The van der Waals surface area contributed by atoms with Crippen molar-refractivity contribution in [2.24, 2.45) is 0 Å². The molecule has 0 amide bonds. The van der Waals surface area contributed by atoms with Crippen molar-refractivity contribution in [2.45, 2.75) is 52.4 Å². The summed E-state index contributed by atoms with van der Waals surface area (Å²) in [4.78, 5) is 0. The van der Waals surface area contributed by atoms with Gasteiger partial charge in [-0.05, 0) is 49.7 Å². The van der Waals surface area contributed by atoms with Crippen molar-refractivity contribution in [1.82, 2.24) is 0 Å². The van der Waals surface area contributed by atoms with E-state index < -0.39 is 0 Å². The molecular weight excluding hydrogens is 671 g/mol. The van der Waals surface area contributed by atoms with Crippen LogP contribution in [0.15, 0.2) is 97.1 Å². The summed E-state index contributed by atoms with van der Waals surface area (Å²) in [5, 5.41) is 5.70. The van der Waals surface area contributed by atoms with Crippen LogP contribution < -0.4 is 0 Å². The van der Waals surface area contributed by atoms with Crippen LogP contribution in [0.5, 0.6) is 0 Å². The predicted molar refractivity (Wildman–Crippen MR) is 197 cm³/mol. The Balaban J connectivity index is 0.000000268. The van der Waals surface area contributed by atoms with Crippen molar-refractivity contribution in [3.8, 4) is 22.3 Å². The Labute approximate surface area is 294 Å². The molecule has 8 rings (SSSR count). The van der Waals surface area contributed by atoms with E-state index in [1.54, 1.807) is 22.3 Å². The molecule has 2 aliphatic rings. The van der Waals surface area contributed by atoms with Crippen molar-refractivity contribution in [3.63, 3.8) is 0 Å². The van der Waals surface area contributed by atoms with Crippen molar-refractivity contribution in [1.29, 1.82) is 0 Å². The summed E-state index contributed by atoms with van der Waals surface area (Å²) in [5.74, 6) is 0. The van der Waals surface area contributed by atoms with Gasteiger partial charge in [0.05, 0.1) is 0 Å². The van der Waals surface area contributed by atoms with Crippen LogP contribution in [0, 0.1) is 28.7 Å². The molecule has 2 aliphatic carbocycles. The van der Waals surface area contributed by atoms with E-state index in [-0.39, 0.29) is 39.7 Å². The number of hydrogen-bond acceptors (Lipinski definition) is 0. The van der Waals surface area contributed by atoms with Crippen LogP contribution in [0.25, 0.3) is 43.8 Å². The summed E-state index contributed by atoms with van der Waals surface area (Å²) in [7, 11) is 0. The second-order valence-corrected chi connectivity index (χ2v) is 11.3. The summed E-state index contributed by atoms with van der Waals surface area (Å²) >= 11 is 1.36. The molecule has 0 bridgehead atoms. The maximum atomic E-state index is 3.06. The van der Waals surface area contributed by atoms with Gasteiger partial charge in [0.15, 0.2) is 0 Å². The standard InChI is InChI=1S/2C19H17.2CH3.2ClH.Si.Zr/c2*1-13-10-16-12-15-8-5-9-17(15)19(18(16)11-13)14-6-3-2-4-7-14;;;;;;/h2*2-4,6-7,10-12H,5,8-9H2,1H3;2*1H3;2*1H;;/q4*-1;;;;. The van der Waals surface area contributed by atoms with Crippen molar-refractivity contribution < 1.29 is 23.3 Å². The van der Waals surface area contributed by atoms with Gasteiger partial charge in [-0.25, -0.2) is 0 Å². The van der Waals surface area contributed by atoms with E-state index in [0.717, 1.165) is 0 Å². The van der Waals surface area contributed by atoms with E-state index in [0.29, 0.717) is 0 Å². The third-order valence-electron chi connectivity index (χ3n) is 8.58. The van der Waals surface area contributed by atoms with Crippen LogP contribution >= 0.6 is 24.8 Å². The molecule has 6 aromatic rings. The van der Waals surface area contributed by atoms with E-state index in [4.69, 9.17) is 0 Å². The molecule has 0 fully saturated rings. The van der Waals surface area contributed by atoms with E-state index in [9.17, 15) is 0 Å². The first-order chi connectivity index (χ1) is 19.7. The molecule has 0 unspecified atom stereocenters. The Kier molecular flexibility index (Phi) is 14.6. The van der Waals surface area contributed by atoms with Crippen molar-refractivity contribution in [2.75, 3.05) is 0 Å². The van der Waals surface area contributed by atoms with Crippen LogP contribution in [0.1, 0.15) is 46.2 Å². The molecule has 6 aromatic carbocycles. The SMILES string of the molecule is Cc1cc2c(-c3ccccc3)c3c(cc2[cH-]1)CCC3.Cc1cc2c(-c3ccccc3)c3c(cc2[cH-]1)CCC3.Cl.Cl.[CH3-].[CH3-].[Si]=[Zr]. The monoisotopic (exact) mass is 710 g/mol. The molecule has 0 aliphatic heterocycles. The molecule has 0 N–H and O–H groups in total. The molecular formula is C40H42Cl2SiZr-4. The second kappa shape index (κ2) is 16.9. The zero-order chi connectivity index (χ0) is 27.6. The molecule has 0 heterocycles.